The summed E-state index contributed by atoms with van der Waals surface area (Å²) >= 11 is 0. The van der Waals surface area contributed by atoms with Crippen molar-refractivity contribution in [2.45, 2.75) is 31.6 Å². The number of oxazole rings is 1. The van der Waals surface area contributed by atoms with Crippen molar-refractivity contribution in [2.75, 3.05) is 26.8 Å². The summed E-state index contributed by atoms with van der Waals surface area (Å²) in [6, 6.07) is 6.24. The van der Waals surface area contributed by atoms with Gasteiger partial charge in [0.05, 0.1) is 6.61 Å². The molecule has 1 saturated carbocycles. The second-order valence-corrected chi connectivity index (χ2v) is 6.74. The Bertz CT molecular complexity index is 720. The molecule has 0 unspecified atom stereocenters. The van der Waals surface area contributed by atoms with E-state index in [1.165, 1.54) is 18.4 Å². The number of carbonyl (C=O) groups is 1. The van der Waals surface area contributed by atoms with E-state index in [-0.39, 0.29) is 5.91 Å². The number of likely N-dealkylation sites (tertiary alicyclic amines) is 1. The van der Waals surface area contributed by atoms with Crippen LogP contribution < -0.4 is 0 Å². The third-order valence-electron chi connectivity index (χ3n) is 4.78. The predicted molar refractivity (Wildman–Crippen MR) is 86.3 cm³/mol. The van der Waals surface area contributed by atoms with Crippen LogP contribution in [0.5, 0.6) is 0 Å². The quantitative estimate of drug-likeness (QED) is 0.822. The van der Waals surface area contributed by atoms with E-state index < -0.39 is 0 Å². The van der Waals surface area contributed by atoms with Gasteiger partial charge in [-0.2, -0.15) is 0 Å². The molecule has 1 aromatic heterocycles. The van der Waals surface area contributed by atoms with Crippen LogP contribution in [0.4, 0.5) is 0 Å². The minimum absolute atomic E-state index is 0.241. The fourth-order valence-electron chi connectivity index (χ4n) is 3.36. The summed E-state index contributed by atoms with van der Waals surface area (Å²) in [4.78, 5) is 18.6. The fraction of sp³-hybridized carbons (Fsp3) is 0.556. The monoisotopic (exact) mass is 314 g/mol. The molecule has 23 heavy (non-hydrogen) atoms. The van der Waals surface area contributed by atoms with Crippen LogP contribution in [0, 0.1) is 5.92 Å². The summed E-state index contributed by atoms with van der Waals surface area (Å²) in [6.45, 7) is 2.12. The molecule has 0 N–H and O–H groups in total. The molecule has 5 heteroatoms. The first kappa shape index (κ1) is 14.7. The van der Waals surface area contributed by atoms with Gasteiger partial charge in [0, 0.05) is 32.5 Å². The van der Waals surface area contributed by atoms with E-state index in [1.807, 2.05) is 11.0 Å². The topological polar surface area (TPSA) is 55.6 Å². The van der Waals surface area contributed by atoms with Crippen LogP contribution in [0.2, 0.25) is 0 Å². The lowest BCUT2D eigenvalue weighted by atomic mass is 9.98. The Morgan fingerprint density at radius 1 is 1.39 bits per heavy atom. The zero-order valence-electron chi connectivity index (χ0n) is 13.5. The van der Waals surface area contributed by atoms with Gasteiger partial charge in [0.25, 0.3) is 0 Å². The lowest BCUT2D eigenvalue weighted by Crippen LogP contribution is -2.28. The maximum Gasteiger partial charge on any atom is 0.223 e. The van der Waals surface area contributed by atoms with E-state index in [9.17, 15) is 4.79 Å². The van der Waals surface area contributed by atoms with Crippen LogP contribution in [0.15, 0.2) is 22.6 Å². The van der Waals surface area contributed by atoms with E-state index in [2.05, 4.69) is 17.1 Å². The smallest absolute Gasteiger partial charge is 0.223 e. The molecule has 1 saturated heterocycles. The third kappa shape index (κ3) is 3.11. The summed E-state index contributed by atoms with van der Waals surface area (Å²) < 4.78 is 10.9. The largest absolute Gasteiger partial charge is 0.440 e. The number of ether oxygens (including phenoxy) is 1. The predicted octanol–water partition coefficient (Wildman–Crippen LogP) is 2.74. The van der Waals surface area contributed by atoms with Gasteiger partial charge in [0.15, 0.2) is 11.5 Å². The molecule has 4 rings (SSSR count). The summed E-state index contributed by atoms with van der Waals surface area (Å²) in [5, 5.41) is 0. The number of benzene rings is 1. The Balaban J connectivity index is 1.44. The molecule has 1 atom stereocenters. The number of carbonyl (C=O) groups excluding carboxylic acids is 1. The van der Waals surface area contributed by atoms with E-state index in [0.717, 1.165) is 30.0 Å². The van der Waals surface area contributed by atoms with Crippen LogP contribution >= 0.6 is 0 Å². The van der Waals surface area contributed by atoms with Crippen LogP contribution in [0.25, 0.3) is 11.1 Å². The number of hydrogen-bond acceptors (Lipinski definition) is 4. The molecule has 1 aromatic carbocycles. The van der Waals surface area contributed by atoms with Crippen molar-refractivity contribution in [1.29, 1.82) is 0 Å². The SMILES string of the molecule is COCCN1C[C@@H](Cc2ccc3oc(C4CC4)nc3c2)CC1=O. The first-order valence-electron chi connectivity index (χ1n) is 8.39. The Morgan fingerprint density at radius 2 is 2.26 bits per heavy atom. The maximum absolute atomic E-state index is 12.0. The Labute approximate surface area is 135 Å². The molecule has 5 nitrogen and oxygen atoms in total. The van der Waals surface area contributed by atoms with Crippen LogP contribution in [-0.2, 0) is 16.0 Å². The Morgan fingerprint density at radius 3 is 3.04 bits per heavy atom. The van der Waals surface area contributed by atoms with E-state index in [1.54, 1.807) is 7.11 Å². The normalized spacial score (nSPS) is 21.5. The van der Waals surface area contributed by atoms with Crippen molar-refractivity contribution in [3.63, 3.8) is 0 Å². The molecule has 2 aliphatic rings. The number of hydrogen-bond donors (Lipinski definition) is 0. The molecule has 2 aromatic rings. The Hall–Kier alpha value is -1.88. The molecular formula is C18H22N2O3. The fourth-order valence-corrected chi connectivity index (χ4v) is 3.36. The summed E-state index contributed by atoms with van der Waals surface area (Å²) in [6.07, 6.45) is 3.94. The van der Waals surface area contributed by atoms with Crippen molar-refractivity contribution >= 4 is 17.0 Å². The van der Waals surface area contributed by atoms with Gasteiger partial charge in [-0.1, -0.05) is 6.07 Å². The van der Waals surface area contributed by atoms with Gasteiger partial charge in [-0.15, -0.1) is 0 Å². The van der Waals surface area contributed by atoms with Crippen LogP contribution in [0.3, 0.4) is 0 Å². The second kappa shape index (κ2) is 5.96. The molecule has 2 heterocycles. The minimum atomic E-state index is 0.241. The lowest BCUT2D eigenvalue weighted by molar-refractivity contribution is -0.128. The highest BCUT2D eigenvalue weighted by Crippen LogP contribution is 2.40. The van der Waals surface area contributed by atoms with Gasteiger partial charge in [-0.25, -0.2) is 4.98 Å². The summed E-state index contributed by atoms with van der Waals surface area (Å²) in [5.41, 5.74) is 3.06. The molecule has 0 bridgehead atoms. The lowest BCUT2D eigenvalue weighted by Gasteiger charge is -2.15. The van der Waals surface area contributed by atoms with Gasteiger partial charge < -0.3 is 14.1 Å². The second-order valence-electron chi connectivity index (χ2n) is 6.74. The number of rotatable bonds is 6. The van der Waals surface area contributed by atoms with E-state index in [4.69, 9.17) is 9.15 Å². The van der Waals surface area contributed by atoms with Gasteiger partial charge in [0.1, 0.15) is 5.52 Å². The average Bonchev–Trinajstić information content (AvgIpc) is 3.21. The molecule has 0 spiro atoms. The van der Waals surface area contributed by atoms with Crippen LogP contribution in [-0.4, -0.2) is 42.6 Å². The van der Waals surface area contributed by atoms with Crippen molar-refractivity contribution < 1.29 is 13.9 Å². The number of nitrogens with zero attached hydrogens (tertiary/aromatic N) is 2. The van der Waals surface area contributed by atoms with Crippen molar-refractivity contribution in [3.8, 4) is 0 Å². The Kier molecular flexibility index (Phi) is 3.81. The van der Waals surface area contributed by atoms with Gasteiger partial charge >= 0.3 is 0 Å². The maximum atomic E-state index is 12.0. The summed E-state index contributed by atoms with van der Waals surface area (Å²) in [5.74, 6) is 2.05. The number of fused-ring (bicyclic) bond motifs is 1. The highest BCUT2D eigenvalue weighted by molar-refractivity contribution is 5.79. The highest BCUT2D eigenvalue weighted by atomic mass is 16.5. The standard InChI is InChI=1S/C18H22N2O3/c1-22-7-6-20-11-13(10-17(20)21)8-12-2-5-16-15(9-12)19-18(23-16)14-3-4-14/h2,5,9,13-14H,3-4,6-8,10-11H2,1H3/t13-/m0/s1. The average molecular weight is 314 g/mol. The molecule has 1 aliphatic carbocycles. The zero-order chi connectivity index (χ0) is 15.8. The molecule has 0 radical (unpaired) electrons. The molecule has 2 fully saturated rings. The van der Waals surface area contributed by atoms with E-state index >= 15 is 0 Å². The number of aromatic nitrogens is 1. The number of methoxy groups -OCH3 is 1. The van der Waals surface area contributed by atoms with Gasteiger partial charge in [-0.05, 0) is 42.9 Å². The number of amides is 1. The first-order valence-corrected chi connectivity index (χ1v) is 8.39. The zero-order valence-corrected chi connectivity index (χ0v) is 13.5. The van der Waals surface area contributed by atoms with Gasteiger partial charge in [-0.3, -0.25) is 4.79 Å². The molecule has 1 aliphatic heterocycles. The first-order chi connectivity index (χ1) is 11.2. The van der Waals surface area contributed by atoms with Crippen molar-refractivity contribution in [2.24, 2.45) is 5.92 Å². The highest BCUT2D eigenvalue weighted by Gasteiger charge is 2.30. The third-order valence-corrected chi connectivity index (χ3v) is 4.78. The molecule has 122 valence electrons. The van der Waals surface area contributed by atoms with E-state index in [0.29, 0.717) is 31.4 Å². The van der Waals surface area contributed by atoms with Gasteiger partial charge in [0.2, 0.25) is 5.91 Å². The van der Waals surface area contributed by atoms with Crippen molar-refractivity contribution in [1.82, 2.24) is 9.88 Å². The minimum Gasteiger partial charge on any atom is -0.440 e. The summed E-state index contributed by atoms with van der Waals surface area (Å²) in [7, 11) is 1.67. The molecule has 1 amide bonds. The van der Waals surface area contributed by atoms with Crippen molar-refractivity contribution in [3.05, 3.63) is 29.7 Å². The van der Waals surface area contributed by atoms with Crippen LogP contribution in [0.1, 0.15) is 36.6 Å². The molecular weight excluding hydrogens is 292 g/mol.